The maximum Gasteiger partial charge on any atom is 0.338 e. The number of amides is 2. The number of benzene rings is 2. The van der Waals surface area contributed by atoms with Gasteiger partial charge in [0.2, 0.25) is 5.91 Å². The van der Waals surface area contributed by atoms with Crippen molar-refractivity contribution in [3.05, 3.63) is 68.4 Å². The molecule has 0 atom stereocenters. The number of aromatic nitrogens is 3. The van der Waals surface area contributed by atoms with Crippen LogP contribution in [-0.2, 0) is 22.6 Å². The first-order valence-electron chi connectivity index (χ1n) is 10.8. The summed E-state index contributed by atoms with van der Waals surface area (Å²) in [4.78, 5) is 36.9. The Balaban J connectivity index is 1.60. The standard InChI is InChI=1S/C23H22Cl3N5O4S/c1-3-31-19(11-27-21(33)13-5-7-15(24)17(26)9-13)29-30-23(31)36-12-20(32)28-18-10-14(6-8-16(18)25)22(34)35-4-2/h5-10H,3-4,11-12H2,1-2H3,(H,27,33)(H,28,32). The van der Waals surface area contributed by atoms with Crippen molar-refractivity contribution in [2.75, 3.05) is 17.7 Å². The third kappa shape index (κ3) is 7.13. The van der Waals surface area contributed by atoms with E-state index in [4.69, 9.17) is 39.5 Å². The van der Waals surface area contributed by atoms with E-state index >= 15 is 0 Å². The lowest BCUT2D eigenvalue weighted by Crippen LogP contribution is -2.24. The first-order valence-corrected chi connectivity index (χ1v) is 12.9. The van der Waals surface area contributed by atoms with Crippen LogP contribution in [0.2, 0.25) is 15.1 Å². The Labute approximate surface area is 226 Å². The Morgan fingerprint density at radius 1 is 0.972 bits per heavy atom. The van der Waals surface area contributed by atoms with Crippen LogP contribution in [0.25, 0.3) is 0 Å². The third-order valence-corrected chi connectivity index (χ3v) is 6.82. The molecule has 0 aliphatic heterocycles. The fourth-order valence-electron chi connectivity index (χ4n) is 3.05. The van der Waals surface area contributed by atoms with Crippen LogP contribution in [0.4, 0.5) is 5.69 Å². The number of hydrogen-bond acceptors (Lipinski definition) is 7. The fraction of sp³-hybridized carbons (Fsp3) is 0.261. The highest BCUT2D eigenvalue weighted by Gasteiger charge is 2.16. The number of carbonyl (C=O) groups excluding carboxylic acids is 3. The summed E-state index contributed by atoms with van der Waals surface area (Å²) in [5.74, 6) is -0.640. The zero-order chi connectivity index (χ0) is 26.2. The molecule has 0 radical (unpaired) electrons. The molecule has 1 aromatic heterocycles. The molecule has 13 heteroatoms. The number of thioether (sulfide) groups is 1. The van der Waals surface area contributed by atoms with Gasteiger partial charge in [-0.1, -0.05) is 46.6 Å². The van der Waals surface area contributed by atoms with Crippen LogP contribution >= 0.6 is 46.6 Å². The highest BCUT2D eigenvalue weighted by atomic mass is 35.5. The van der Waals surface area contributed by atoms with Gasteiger partial charge in [0.05, 0.1) is 45.2 Å². The van der Waals surface area contributed by atoms with Crippen LogP contribution < -0.4 is 10.6 Å². The van der Waals surface area contributed by atoms with Crippen molar-refractivity contribution in [1.29, 1.82) is 0 Å². The van der Waals surface area contributed by atoms with Gasteiger partial charge in [0, 0.05) is 12.1 Å². The van der Waals surface area contributed by atoms with Crippen molar-refractivity contribution in [2.24, 2.45) is 0 Å². The number of ether oxygens (including phenoxy) is 1. The van der Waals surface area contributed by atoms with Gasteiger partial charge in [-0.05, 0) is 50.2 Å². The molecule has 3 aromatic rings. The van der Waals surface area contributed by atoms with E-state index in [1.807, 2.05) is 6.92 Å². The minimum atomic E-state index is -0.506. The van der Waals surface area contributed by atoms with Gasteiger partial charge < -0.3 is 19.9 Å². The topological polar surface area (TPSA) is 115 Å². The van der Waals surface area contributed by atoms with E-state index in [2.05, 4.69) is 20.8 Å². The molecule has 2 N–H and O–H groups in total. The predicted molar refractivity (Wildman–Crippen MR) is 140 cm³/mol. The van der Waals surface area contributed by atoms with E-state index in [0.717, 1.165) is 0 Å². The van der Waals surface area contributed by atoms with Gasteiger partial charge in [-0.2, -0.15) is 0 Å². The predicted octanol–water partition coefficient (Wildman–Crippen LogP) is 5.10. The number of rotatable bonds is 10. The summed E-state index contributed by atoms with van der Waals surface area (Å²) in [5.41, 5.74) is 0.946. The normalized spacial score (nSPS) is 10.7. The maximum atomic E-state index is 12.5. The Morgan fingerprint density at radius 3 is 2.39 bits per heavy atom. The lowest BCUT2D eigenvalue weighted by Gasteiger charge is -2.10. The van der Waals surface area contributed by atoms with Gasteiger partial charge in [-0.3, -0.25) is 9.59 Å². The number of anilines is 1. The molecule has 0 aliphatic carbocycles. The quantitative estimate of drug-likeness (QED) is 0.257. The summed E-state index contributed by atoms with van der Waals surface area (Å²) in [6, 6.07) is 9.11. The van der Waals surface area contributed by atoms with Crippen LogP contribution in [0.1, 0.15) is 40.4 Å². The number of hydrogen-bond donors (Lipinski definition) is 2. The van der Waals surface area contributed by atoms with E-state index in [-0.39, 0.29) is 46.3 Å². The summed E-state index contributed by atoms with van der Waals surface area (Å²) < 4.78 is 6.77. The minimum absolute atomic E-state index is 0.0216. The van der Waals surface area contributed by atoms with Crippen molar-refractivity contribution in [3.8, 4) is 0 Å². The second kappa shape index (κ2) is 13.0. The molecular weight excluding hydrogens is 549 g/mol. The second-order valence-electron chi connectivity index (χ2n) is 7.21. The van der Waals surface area contributed by atoms with Crippen molar-refractivity contribution >= 4 is 70.0 Å². The van der Waals surface area contributed by atoms with Crippen molar-refractivity contribution < 1.29 is 19.1 Å². The van der Waals surface area contributed by atoms with E-state index in [1.165, 1.54) is 36.0 Å². The summed E-state index contributed by atoms with van der Waals surface area (Å²) in [5, 5.41) is 15.2. The van der Waals surface area contributed by atoms with Crippen LogP contribution in [0.3, 0.4) is 0 Å². The summed E-state index contributed by atoms with van der Waals surface area (Å²) >= 11 is 19.2. The molecule has 36 heavy (non-hydrogen) atoms. The number of nitrogens with one attached hydrogen (secondary N) is 2. The van der Waals surface area contributed by atoms with E-state index in [1.54, 1.807) is 23.6 Å². The highest BCUT2D eigenvalue weighted by Crippen LogP contribution is 2.25. The zero-order valence-electron chi connectivity index (χ0n) is 19.3. The SMILES string of the molecule is CCOC(=O)c1ccc(Cl)c(NC(=O)CSc2nnc(CNC(=O)c3ccc(Cl)c(Cl)c3)n2CC)c1. The van der Waals surface area contributed by atoms with Crippen LogP contribution in [0, 0.1) is 0 Å². The molecule has 0 aliphatic rings. The molecule has 0 fully saturated rings. The number of esters is 1. The first-order chi connectivity index (χ1) is 17.2. The fourth-order valence-corrected chi connectivity index (χ4v) is 4.34. The van der Waals surface area contributed by atoms with Gasteiger partial charge in [0.25, 0.3) is 5.91 Å². The van der Waals surface area contributed by atoms with Crippen LogP contribution in [-0.4, -0.2) is 44.9 Å². The number of nitrogens with zero attached hydrogens (tertiary/aromatic N) is 3. The smallest absolute Gasteiger partial charge is 0.338 e. The van der Waals surface area contributed by atoms with Crippen molar-refractivity contribution in [3.63, 3.8) is 0 Å². The molecule has 1 heterocycles. The number of carbonyl (C=O) groups is 3. The Morgan fingerprint density at radius 2 is 1.69 bits per heavy atom. The lowest BCUT2D eigenvalue weighted by atomic mass is 10.2. The average molecular weight is 571 g/mol. The minimum Gasteiger partial charge on any atom is -0.462 e. The van der Waals surface area contributed by atoms with Crippen LogP contribution in [0.15, 0.2) is 41.6 Å². The molecule has 9 nitrogen and oxygen atoms in total. The van der Waals surface area contributed by atoms with Gasteiger partial charge in [0.15, 0.2) is 11.0 Å². The number of halogens is 3. The molecule has 0 saturated carbocycles. The largest absolute Gasteiger partial charge is 0.462 e. The third-order valence-electron chi connectivity index (χ3n) is 4.78. The molecule has 0 spiro atoms. The molecule has 0 bridgehead atoms. The molecule has 2 aromatic carbocycles. The molecular formula is C23H22Cl3N5O4S. The second-order valence-corrected chi connectivity index (χ2v) is 9.37. The molecule has 2 amide bonds. The summed E-state index contributed by atoms with van der Waals surface area (Å²) in [6.07, 6.45) is 0. The maximum absolute atomic E-state index is 12.5. The Hall–Kier alpha value is -2.79. The van der Waals surface area contributed by atoms with E-state index < -0.39 is 5.97 Å². The van der Waals surface area contributed by atoms with Gasteiger partial charge in [-0.25, -0.2) is 4.79 Å². The molecule has 3 rings (SSSR count). The van der Waals surface area contributed by atoms with Gasteiger partial charge >= 0.3 is 5.97 Å². The highest BCUT2D eigenvalue weighted by molar-refractivity contribution is 7.99. The average Bonchev–Trinajstić information content (AvgIpc) is 3.26. The first kappa shape index (κ1) is 27.8. The van der Waals surface area contributed by atoms with Gasteiger partial charge in [0.1, 0.15) is 0 Å². The Bertz CT molecular complexity index is 1280. The van der Waals surface area contributed by atoms with E-state index in [0.29, 0.717) is 33.8 Å². The van der Waals surface area contributed by atoms with E-state index in [9.17, 15) is 14.4 Å². The molecule has 190 valence electrons. The monoisotopic (exact) mass is 569 g/mol. The van der Waals surface area contributed by atoms with Crippen molar-refractivity contribution in [2.45, 2.75) is 32.1 Å². The van der Waals surface area contributed by atoms with Gasteiger partial charge in [-0.15, -0.1) is 10.2 Å². The summed E-state index contributed by atoms with van der Waals surface area (Å²) in [7, 11) is 0. The lowest BCUT2D eigenvalue weighted by molar-refractivity contribution is -0.113. The zero-order valence-corrected chi connectivity index (χ0v) is 22.4. The van der Waals surface area contributed by atoms with Crippen molar-refractivity contribution in [1.82, 2.24) is 20.1 Å². The summed E-state index contributed by atoms with van der Waals surface area (Å²) in [6.45, 7) is 4.50. The van der Waals surface area contributed by atoms with Crippen LogP contribution in [0.5, 0.6) is 0 Å². The molecule has 0 unspecified atom stereocenters. The molecule has 0 saturated heterocycles. The Kier molecular flexibility index (Phi) is 10.0.